The van der Waals surface area contributed by atoms with Gasteiger partial charge in [0, 0.05) is 12.0 Å². The zero-order chi connectivity index (χ0) is 15.0. The Morgan fingerprint density at radius 3 is 2.67 bits per heavy atom. The lowest BCUT2D eigenvalue weighted by atomic mass is 10.0. The third-order valence-corrected chi connectivity index (χ3v) is 3.53. The number of fused-ring (bicyclic) bond motifs is 1. The fourth-order valence-electron chi connectivity index (χ4n) is 2.32. The smallest absolute Gasteiger partial charge is 0.338 e. The maximum absolute atomic E-state index is 13.7. The molecular formula is C16H13FN2O2. The van der Waals surface area contributed by atoms with Crippen LogP contribution in [0.5, 0.6) is 0 Å². The minimum atomic E-state index is -1.30. The summed E-state index contributed by atoms with van der Waals surface area (Å²) in [4.78, 5) is 18.4. The lowest BCUT2D eigenvalue weighted by Gasteiger charge is -2.07. The quantitative estimate of drug-likeness (QED) is 0.773. The monoisotopic (exact) mass is 284 g/mol. The van der Waals surface area contributed by atoms with Crippen LogP contribution in [0.1, 0.15) is 34.6 Å². The molecule has 1 heterocycles. The fraction of sp³-hybridized carbons (Fsp3) is 0.125. The van der Waals surface area contributed by atoms with Crippen molar-refractivity contribution in [1.82, 2.24) is 9.97 Å². The van der Waals surface area contributed by atoms with Crippen molar-refractivity contribution in [2.75, 3.05) is 0 Å². The summed E-state index contributed by atoms with van der Waals surface area (Å²) in [5.74, 6) is -1.37. The van der Waals surface area contributed by atoms with Crippen molar-refractivity contribution >= 4 is 17.0 Å². The summed E-state index contributed by atoms with van der Waals surface area (Å²) in [5.41, 5.74) is 1.66. The van der Waals surface area contributed by atoms with Crippen LogP contribution in [0.4, 0.5) is 4.39 Å². The molecule has 0 amide bonds. The van der Waals surface area contributed by atoms with E-state index < -0.39 is 11.8 Å². The number of aromatic carboxylic acids is 1. The van der Waals surface area contributed by atoms with E-state index in [1.54, 1.807) is 0 Å². The summed E-state index contributed by atoms with van der Waals surface area (Å²) in [6.07, 6.45) is 0. The number of nitrogens with zero attached hydrogens (tertiary/aromatic N) is 1. The molecule has 4 nitrogen and oxygen atoms in total. The fourth-order valence-corrected chi connectivity index (χ4v) is 2.32. The Morgan fingerprint density at radius 1 is 1.29 bits per heavy atom. The Bertz CT molecular complexity index is 812. The number of rotatable bonds is 3. The van der Waals surface area contributed by atoms with Gasteiger partial charge in [-0.2, -0.15) is 0 Å². The first-order valence-corrected chi connectivity index (χ1v) is 6.53. The summed E-state index contributed by atoms with van der Waals surface area (Å²) in [6, 6.07) is 12.2. The number of hydrogen-bond acceptors (Lipinski definition) is 2. The molecule has 3 rings (SSSR count). The Morgan fingerprint density at radius 2 is 2.00 bits per heavy atom. The molecule has 1 atom stereocenters. The van der Waals surface area contributed by atoms with Gasteiger partial charge in [0.1, 0.15) is 11.6 Å². The summed E-state index contributed by atoms with van der Waals surface area (Å²) in [7, 11) is 0. The number of aromatic amines is 1. The molecule has 0 bridgehead atoms. The number of carboxylic acid groups (broad SMARTS) is 1. The summed E-state index contributed by atoms with van der Waals surface area (Å²) >= 11 is 0. The molecule has 0 spiro atoms. The van der Waals surface area contributed by atoms with Crippen LogP contribution in [0, 0.1) is 5.82 Å². The van der Waals surface area contributed by atoms with Crippen LogP contribution in [0.25, 0.3) is 11.0 Å². The Hall–Kier alpha value is -2.69. The average molecular weight is 284 g/mol. The van der Waals surface area contributed by atoms with E-state index in [0.717, 1.165) is 5.56 Å². The SMILES string of the molecule is CC(c1ccccc1)c1nc2cc(C(=O)O)c(F)cc2[nH]1. The first-order chi connectivity index (χ1) is 10.1. The molecule has 1 aromatic heterocycles. The third kappa shape index (κ3) is 2.38. The zero-order valence-corrected chi connectivity index (χ0v) is 11.3. The summed E-state index contributed by atoms with van der Waals surface area (Å²) < 4.78 is 13.7. The van der Waals surface area contributed by atoms with E-state index in [9.17, 15) is 9.18 Å². The van der Waals surface area contributed by atoms with Gasteiger partial charge >= 0.3 is 5.97 Å². The molecule has 2 N–H and O–H groups in total. The van der Waals surface area contributed by atoms with Gasteiger partial charge < -0.3 is 10.1 Å². The van der Waals surface area contributed by atoms with Crippen molar-refractivity contribution in [3.05, 3.63) is 65.2 Å². The Labute approximate surface area is 120 Å². The third-order valence-electron chi connectivity index (χ3n) is 3.53. The second-order valence-electron chi connectivity index (χ2n) is 4.91. The van der Waals surface area contributed by atoms with Crippen LogP contribution in [0.15, 0.2) is 42.5 Å². The highest BCUT2D eigenvalue weighted by Gasteiger charge is 2.17. The van der Waals surface area contributed by atoms with Crippen molar-refractivity contribution in [2.45, 2.75) is 12.8 Å². The second kappa shape index (κ2) is 5.01. The molecule has 0 radical (unpaired) electrons. The van der Waals surface area contributed by atoms with E-state index in [1.165, 1.54) is 12.1 Å². The number of carbonyl (C=O) groups is 1. The maximum Gasteiger partial charge on any atom is 0.338 e. The number of imidazole rings is 1. The molecule has 21 heavy (non-hydrogen) atoms. The number of hydrogen-bond donors (Lipinski definition) is 2. The van der Waals surface area contributed by atoms with E-state index in [4.69, 9.17) is 5.11 Å². The van der Waals surface area contributed by atoms with Crippen LogP contribution in [0.2, 0.25) is 0 Å². The topological polar surface area (TPSA) is 66.0 Å². The molecule has 0 fully saturated rings. The number of aromatic nitrogens is 2. The number of halogens is 1. The number of carboxylic acids is 1. The predicted octanol–water partition coefficient (Wildman–Crippen LogP) is 3.55. The molecule has 3 aromatic rings. The molecule has 1 unspecified atom stereocenters. The number of H-pyrrole nitrogens is 1. The number of nitrogens with one attached hydrogen (secondary N) is 1. The van der Waals surface area contributed by atoms with Crippen LogP contribution < -0.4 is 0 Å². The van der Waals surface area contributed by atoms with E-state index >= 15 is 0 Å². The largest absolute Gasteiger partial charge is 0.478 e. The molecular weight excluding hydrogens is 271 g/mol. The molecule has 0 aliphatic carbocycles. The summed E-state index contributed by atoms with van der Waals surface area (Å²) in [6.45, 7) is 1.99. The summed E-state index contributed by atoms with van der Waals surface area (Å²) in [5, 5.41) is 8.94. The van der Waals surface area contributed by atoms with Crippen molar-refractivity contribution in [2.24, 2.45) is 0 Å². The highest BCUT2D eigenvalue weighted by molar-refractivity contribution is 5.92. The van der Waals surface area contributed by atoms with Crippen molar-refractivity contribution in [3.8, 4) is 0 Å². The highest BCUT2D eigenvalue weighted by Crippen LogP contribution is 2.25. The Kier molecular flexibility index (Phi) is 3.17. The van der Waals surface area contributed by atoms with Gasteiger partial charge in [0.05, 0.1) is 16.6 Å². The maximum atomic E-state index is 13.7. The van der Waals surface area contributed by atoms with Crippen LogP contribution in [-0.2, 0) is 0 Å². The standard InChI is InChI=1S/C16H13FN2O2/c1-9(10-5-3-2-4-6-10)15-18-13-7-11(16(20)21)12(17)8-14(13)19-15/h2-9H,1H3,(H,18,19)(H,20,21). The molecule has 0 aliphatic rings. The first kappa shape index (κ1) is 13.3. The second-order valence-corrected chi connectivity index (χ2v) is 4.91. The minimum Gasteiger partial charge on any atom is -0.478 e. The molecule has 2 aromatic carbocycles. The van der Waals surface area contributed by atoms with Gasteiger partial charge in [0.15, 0.2) is 0 Å². The van der Waals surface area contributed by atoms with Gasteiger partial charge in [-0.25, -0.2) is 14.2 Å². The molecule has 0 aliphatic heterocycles. The van der Waals surface area contributed by atoms with Crippen LogP contribution in [0.3, 0.4) is 0 Å². The lowest BCUT2D eigenvalue weighted by molar-refractivity contribution is 0.0692. The van der Waals surface area contributed by atoms with Crippen molar-refractivity contribution in [1.29, 1.82) is 0 Å². The van der Waals surface area contributed by atoms with Crippen molar-refractivity contribution in [3.63, 3.8) is 0 Å². The van der Waals surface area contributed by atoms with Gasteiger partial charge in [0.25, 0.3) is 0 Å². The van der Waals surface area contributed by atoms with Gasteiger partial charge in [-0.05, 0) is 11.6 Å². The van der Waals surface area contributed by atoms with Crippen LogP contribution >= 0.6 is 0 Å². The molecule has 5 heteroatoms. The normalized spacial score (nSPS) is 12.5. The zero-order valence-electron chi connectivity index (χ0n) is 11.3. The predicted molar refractivity (Wildman–Crippen MR) is 77.0 cm³/mol. The highest BCUT2D eigenvalue weighted by atomic mass is 19.1. The molecule has 106 valence electrons. The minimum absolute atomic E-state index is 0.00920. The van der Waals surface area contributed by atoms with Gasteiger partial charge in [0.2, 0.25) is 0 Å². The average Bonchev–Trinajstić information content (AvgIpc) is 2.89. The first-order valence-electron chi connectivity index (χ1n) is 6.53. The van der Waals surface area contributed by atoms with Gasteiger partial charge in [-0.1, -0.05) is 37.3 Å². The molecule has 0 saturated carbocycles. The van der Waals surface area contributed by atoms with E-state index in [1.807, 2.05) is 37.3 Å². The number of benzene rings is 2. The van der Waals surface area contributed by atoms with E-state index in [0.29, 0.717) is 16.9 Å². The Balaban J connectivity index is 2.07. The van der Waals surface area contributed by atoms with E-state index in [2.05, 4.69) is 9.97 Å². The van der Waals surface area contributed by atoms with Crippen molar-refractivity contribution < 1.29 is 14.3 Å². The molecule has 0 saturated heterocycles. The van der Waals surface area contributed by atoms with Crippen LogP contribution in [-0.4, -0.2) is 21.0 Å². The lowest BCUT2D eigenvalue weighted by Crippen LogP contribution is -1.99. The van der Waals surface area contributed by atoms with E-state index in [-0.39, 0.29) is 11.5 Å². The van der Waals surface area contributed by atoms with Gasteiger partial charge in [-0.3, -0.25) is 0 Å². The van der Waals surface area contributed by atoms with Gasteiger partial charge in [-0.15, -0.1) is 0 Å².